The third-order valence-corrected chi connectivity index (χ3v) is 4.82. The largest absolute Gasteiger partial charge is 0.453 e. The number of hydrogen-bond acceptors (Lipinski definition) is 2. The molecule has 1 heterocycles. The van der Waals surface area contributed by atoms with Crippen LogP contribution in [0, 0.1) is 17.3 Å². The van der Waals surface area contributed by atoms with Crippen molar-refractivity contribution in [3.05, 3.63) is 0 Å². The summed E-state index contributed by atoms with van der Waals surface area (Å²) < 4.78 is 4.70. The van der Waals surface area contributed by atoms with Gasteiger partial charge in [-0.2, -0.15) is 0 Å². The summed E-state index contributed by atoms with van der Waals surface area (Å²) in [5.41, 5.74) is 0.474. The van der Waals surface area contributed by atoms with Crippen molar-refractivity contribution in [2.45, 2.75) is 93.9 Å². The average Bonchev–Trinajstić information content (AvgIpc) is 2.54. The van der Waals surface area contributed by atoms with Crippen molar-refractivity contribution >= 4 is 6.09 Å². The summed E-state index contributed by atoms with van der Waals surface area (Å²) in [5.74, 6) is 1.75. The maximum Gasteiger partial charge on any atom is 0.409 e. The minimum Gasteiger partial charge on any atom is -0.453 e. The number of carbonyl (C=O) groups is 1. The molecule has 146 valence electrons. The molecule has 0 bridgehead atoms. The number of likely N-dealkylation sites (tertiary alicyclic amines) is 1. The van der Waals surface area contributed by atoms with Crippen molar-refractivity contribution < 1.29 is 9.53 Å². The Labute approximate surface area is 152 Å². The van der Waals surface area contributed by atoms with Crippen LogP contribution in [0.2, 0.25) is 0 Å². The van der Waals surface area contributed by atoms with Gasteiger partial charge in [0.25, 0.3) is 0 Å². The van der Waals surface area contributed by atoms with E-state index in [-0.39, 0.29) is 6.09 Å². The Morgan fingerprint density at radius 2 is 1.50 bits per heavy atom. The lowest BCUT2D eigenvalue weighted by Gasteiger charge is -2.59. The summed E-state index contributed by atoms with van der Waals surface area (Å²) in [6.45, 7) is 19.1. The predicted octanol–water partition coefficient (Wildman–Crippen LogP) is 6.76. The fourth-order valence-corrected chi connectivity index (χ4v) is 3.07. The number of rotatable bonds is 3. The highest BCUT2D eigenvalue weighted by molar-refractivity contribution is 5.68. The van der Waals surface area contributed by atoms with E-state index in [9.17, 15) is 4.79 Å². The average molecular weight is 344 g/mol. The third kappa shape index (κ3) is 8.39. The van der Waals surface area contributed by atoms with Crippen LogP contribution in [-0.4, -0.2) is 31.2 Å². The van der Waals surface area contributed by atoms with Gasteiger partial charge in [0.1, 0.15) is 0 Å². The predicted molar refractivity (Wildman–Crippen MR) is 106 cm³/mol. The van der Waals surface area contributed by atoms with Crippen molar-refractivity contribution in [1.82, 2.24) is 4.90 Å². The molecule has 3 heteroatoms. The number of amides is 1. The second-order valence-electron chi connectivity index (χ2n) is 7.09. The van der Waals surface area contributed by atoms with Gasteiger partial charge >= 0.3 is 6.09 Å². The maximum absolute atomic E-state index is 11.2. The van der Waals surface area contributed by atoms with Gasteiger partial charge in [0.05, 0.1) is 7.11 Å². The first-order valence-corrected chi connectivity index (χ1v) is 10.3. The van der Waals surface area contributed by atoms with Crippen molar-refractivity contribution in [3.63, 3.8) is 0 Å². The molecule has 2 fully saturated rings. The molecular weight excluding hydrogens is 298 g/mol. The molecule has 24 heavy (non-hydrogen) atoms. The molecular formula is C21H45NO2. The number of hydrogen-bond donors (Lipinski definition) is 0. The van der Waals surface area contributed by atoms with Crippen LogP contribution in [-0.2, 0) is 4.74 Å². The number of nitrogens with zero attached hydrogens (tertiary/aromatic N) is 1. The Kier molecular flexibility index (Phi) is 15.5. The molecule has 2 aliphatic rings. The van der Waals surface area contributed by atoms with Gasteiger partial charge in [-0.05, 0) is 24.7 Å². The van der Waals surface area contributed by atoms with Crippen LogP contribution < -0.4 is 0 Å². The molecule has 1 saturated heterocycles. The summed E-state index contributed by atoms with van der Waals surface area (Å²) in [6, 6.07) is 0. The summed E-state index contributed by atoms with van der Waals surface area (Å²) in [4.78, 5) is 13.0. The lowest BCUT2D eigenvalue weighted by molar-refractivity contribution is -0.0961. The van der Waals surface area contributed by atoms with E-state index in [1.165, 1.54) is 45.6 Å². The second kappa shape index (κ2) is 14.6. The minimum atomic E-state index is -0.160. The zero-order chi connectivity index (χ0) is 19.2. The van der Waals surface area contributed by atoms with E-state index in [1.807, 2.05) is 18.7 Å². The van der Waals surface area contributed by atoms with Gasteiger partial charge in [0.2, 0.25) is 0 Å². The molecule has 0 aromatic rings. The molecule has 2 rings (SSSR count). The lowest BCUT2D eigenvalue weighted by atomic mass is 9.54. The molecule has 1 saturated carbocycles. The van der Waals surface area contributed by atoms with Crippen molar-refractivity contribution in [2.75, 3.05) is 20.2 Å². The minimum absolute atomic E-state index is 0.160. The van der Waals surface area contributed by atoms with E-state index >= 15 is 0 Å². The summed E-state index contributed by atoms with van der Waals surface area (Å²) in [5, 5.41) is 0. The smallest absolute Gasteiger partial charge is 0.409 e. The van der Waals surface area contributed by atoms with Crippen LogP contribution in [0.3, 0.4) is 0 Å². The van der Waals surface area contributed by atoms with Gasteiger partial charge in [0.15, 0.2) is 0 Å². The van der Waals surface area contributed by atoms with E-state index in [0.717, 1.165) is 24.9 Å². The highest BCUT2D eigenvalue weighted by Gasteiger charge is 2.54. The lowest BCUT2D eigenvalue weighted by Crippen LogP contribution is -2.64. The van der Waals surface area contributed by atoms with Crippen LogP contribution >= 0.6 is 0 Å². The topological polar surface area (TPSA) is 29.5 Å². The number of methoxy groups -OCH3 is 1. The van der Waals surface area contributed by atoms with E-state index in [4.69, 9.17) is 4.74 Å². The van der Waals surface area contributed by atoms with Crippen molar-refractivity contribution in [3.8, 4) is 0 Å². The SMILES string of the molecule is CC.CCC.CCC(C)C1CC2(C1)CN(C(=O)OC)C2.CCCC. The highest BCUT2D eigenvalue weighted by Crippen LogP contribution is 2.54. The Morgan fingerprint density at radius 1 is 1.08 bits per heavy atom. The number of carbonyl (C=O) groups excluding carboxylic acids is 1. The van der Waals surface area contributed by atoms with E-state index in [1.54, 1.807) is 0 Å². The summed E-state index contributed by atoms with van der Waals surface area (Å²) in [7, 11) is 1.45. The quantitative estimate of drug-likeness (QED) is 0.566. The Hall–Kier alpha value is -0.730. The second-order valence-corrected chi connectivity index (χ2v) is 7.09. The first-order valence-electron chi connectivity index (χ1n) is 10.3. The fourth-order valence-electron chi connectivity index (χ4n) is 3.07. The van der Waals surface area contributed by atoms with Gasteiger partial charge in [0, 0.05) is 18.5 Å². The normalized spacial score (nSPS) is 18.3. The van der Waals surface area contributed by atoms with Crippen LogP contribution in [0.15, 0.2) is 0 Å². The van der Waals surface area contributed by atoms with E-state index < -0.39 is 0 Å². The molecule has 0 N–H and O–H groups in total. The summed E-state index contributed by atoms with van der Waals surface area (Å²) in [6.07, 6.45) is 7.64. The van der Waals surface area contributed by atoms with E-state index in [2.05, 4.69) is 41.5 Å². The molecule has 1 unspecified atom stereocenters. The van der Waals surface area contributed by atoms with Gasteiger partial charge < -0.3 is 9.64 Å². The fraction of sp³-hybridized carbons (Fsp3) is 0.952. The Balaban J connectivity index is 0. The number of ether oxygens (including phenoxy) is 1. The Bertz CT molecular complexity index is 288. The molecule has 1 aliphatic heterocycles. The zero-order valence-corrected chi connectivity index (χ0v) is 18.1. The monoisotopic (exact) mass is 343 g/mol. The van der Waals surface area contributed by atoms with Crippen LogP contribution in [0.25, 0.3) is 0 Å². The first kappa shape index (κ1) is 25.5. The van der Waals surface area contributed by atoms with Crippen LogP contribution in [0.4, 0.5) is 4.79 Å². The molecule has 1 aliphatic carbocycles. The Morgan fingerprint density at radius 3 is 1.79 bits per heavy atom. The van der Waals surface area contributed by atoms with Crippen LogP contribution in [0.5, 0.6) is 0 Å². The molecule has 0 aromatic heterocycles. The summed E-state index contributed by atoms with van der Waals surface area (Å²) >= 11 is 0. The number of unbranched alkanes of at least 4 members (excludes halogenated alkanes) is 1. The van der Waals surface area contributed by atoms with Gasteiger partial charge in [-0.15, -0.1) is 0 Å². The third-order valence-electron chi connectivity index (χ3n) is 4.82. The van der Waals surface area contributed by atoms with Crippen molar-refractivity contribution in [2.24, 2.45) is 17.3 Å². The maximum atomic E-state index is 11.2. The van der Waals surface area contributed by atoms with E-state index in [0.29, 0.717) is 5.41 Å². The first-order chi connectivity index (χ1) is 11.4. The van der Waals surface area contributed by atoms with Crippen LogP contribution in [0.1, 0.15) is 93.9 Å². The van der Waals surface area contributed by atoms with Gasteiger partial charge in [-0.3, -0.25) is 0 Å². The van der Waals surface area contributed by atoms with Gasteiger partial charge in [-0.25, -0.2) is 4.79 Å². The zero-order valence-electron chi connectivity index (χ0n) is 18.1. The van der Waals surface area contributed by atoms with Gasteiger partial charge in [-0.1, -0.05) is 81.1 Å². The standard InChI is InChI=1S/C12H21NO2.C4H10.C3H8.C2H6/c1-4-9(2)10-5-12(6-10)7-13(8-12)11(14)15-3;1-3-4-2;1-3-2;1-2/h9-10H,4-8H2,1-3H3;3-4H2,1-2H3;3H2,1-2H3;1-2H3. The molecule has 1 atom stereocenters. The highest BCUT2D eigenvalue weighted by atomic mass is 16.5. The molecule has 0 aromatic carbocycles. The molecule has 3 nitrogen and oxygen atoms in total. The molecule has 1 spiro atoms. The van der Waals surface area contributed by atoms with Crippen molar-refractivity contribution in [1.29, 1.82) is 0 Å². The molecule has 1 amide bonds. The molecule has 0 radical (unpaired) electrons.